The summed E-state index contributed by atoms with van der Waals surface area (Å²) in [6, 6.07) is 8.24. The van der Waals surface area contributed by atoms with E-state index in [1.165, 1.54) is 5.56 Å². The number of aromatic nitrogens is 2. The van der Waals surface area contributed by atoms with E-state index in [4.69, 9.17) is 14.6 Å². The molecule has 1 fully saturated rings. The number of nitrogens with zero attached hydrogens (tertiary/aromatic N) is 3. The van der Waals surface area contributed by atoms with Crippen molar-refractivity contribution in [1.29, 1.82) is 0 Å². The lowest BCUT2D eigenvalue weighted by Gasteiger charge is -2.47. The van der Waals surface area contributed by atoms with Gasteiger partial charge in [-0.3, -0.25) is 9.58 Å². The molecular weight excluding hydrogens is 415 g/mol. The average molecular weight is 441 g/mol. The van der Waals surface area contributed by atoms with Gasteiger partial charge in [-0.2, -0.15) is 18.3 Å². The number of carboxylic acid groups (broad SMARTS) is 1. The number of phenols is 1. The lowest BCUT2D eigenvalue weighted by Crippen LogP contribution is -2.58. The lowest BCUT2D eigenvalue weighted by molar-refractivity contribution is -0.192. The summed E-state index contributed by atoms with van der Waals surface area (Å²) >= 11 is 0. The number of morpholine rings is 1. The van der Waals surface area contributed by atoms with Gasteiger partial charge in [-0.1, -0.05) is 19.1 Å². The molecule has 1 aliphatic heterocycles. The number of hydrogen-bond donors (Lipinski definition) is 2. The van der Waals surface area contributed by atoms with Crippen molar-refractivity contribution in [2.24, 2.45) is 0 Å². The van der Waals surface area contributed by atoms with Crippen molar-refractivity contribution < 1.29 is 32.9 Å². The van der Waals surface area contributed by atoms with Crippen molar-refractivity contribution in [3.63, 3.8) is 0 Å². The van der Waals surface area contributed by atoms with Crippen LogP contribution in [0.15, 0.2) is 36.7 Å². The highest BCUT2D eigenvalue weighted by Gasteiger charge is 2.40. The van der Waals surface area contributed by atoms with E-state index in [1.807, 2.05) is 29.2 Å². The van der Waals surface area contributed by atoms with E-state index in [1.54, 1.807) is 6.07 Å². The Hall–Kier alpha value is -2.59. The molecule has 7 nitrogen and oxygen atoms in total. The number of rotatable bonds is 4. The summed E-state index contributed by atoms with van der Waals surface area (Å²) in [5.41, 5.74) is 2.33. The van der Waals surface area contributed by atoms with Crippen molar-refractivity contribution in [2.75, 3.05) is 13.1 Å². The van der Waals surface area contributed by atoms with Gasteiger partial charge in [-0.05, 0) is 42.6 Å². The van der Waals surface area contributed by atoms with Gasteiger partial charge >= 0.3 is 12.1 Å². The minimum atomic E-state index is -5.08. The van der Waals surface area contributed by atoms with E-state index in [9.17, 15) is 18.3 Å². The van der Waals surface area contributed by atoms with Gasteiger partial charge in [0.1, 0.15) is 5.75 Å². The molecule has 1 aromatic carbocycles. The number of carbonyl (C=O) groups is 1. The number of fused-ring (bicyclic) bond motifs is 2. The molecule has 2 aromatic rings. The van der Waals surface area contributed by atoms with Gasteiger partial charge in [-0.15, -0.1) is 0 Å². The van der Waals surface area contributed by atoms with Gasteiger partial charge in [-0.25, -0.2) is 4.79 Å². The molecule has 1 aromatic heterocycles. The second-order valence-electron chi connectivity index (χ2n) is 7.71. The maximum atomic E-state index is 10.6. The quantitative estimate of drug-likeness (QED) is 0.759. The van der Waals surface area contributed by atoms with Crippen LogP contribution in [0.2, 0.25) is 0 Å². The van der Waals surface area contributed by atoms with Gasteiger partial charge in [0.25, 0.3) is 0 Å². The number of benzene rings is 1. The van der Waals surface area contributed by atoms with E-state index in [-0.39, 0.29) is 12.2 Å². The molecule has 3 atom stereocenters. The zero-order valence-corrected chi connectivity index (χ0v) is 17.1. The van der Waals surface area contributed by atoms with E-state index in [0.29, 0.717) is 11.8 Å². The Morgan fingerprint density at radius 1 is 1.29 bits per heavy atom. The van der Waals surface area contributed by atoms with E-state index in [0.717, 1.165) is 44.5 Å². The number of hydrogen-bond acceptors (Lipinski definition) is 5. The van der Waals surface area contributed by atoms with Crippen molar-refractivity contribution in [1.82, 2.24) is 14.7 Å². The monoisotopic (exact) mass is 441 g/mol. The van der Waals surface area contributed by atoms with Gasteiger partial charge in [0.2, 0.25) is 0 Å². The molecule has 170 valence electrons. The van der Waals surface area contributed by atoms with Crippen LogP contribution < -0.4 is 0 Å². The Bertz CT molecular complexity index is 873. The third-order valence-corrected chi connectivity index (χ3v) is 5.49. The molecule has 10 heteroatoms. The Balaban J connectivity index is 0.000000339. The number of aliphatic carboxylic acids is 1. The lowest BCUT2D eigenvalue weighted by atomic mass is 9.83. The maximum absolute atomic E-state index is 10.6. The van der Waals surface area contributed by atoms with Crippen LogP contribution in [0.1, 0.15) is 24.5 Å². The van der Waals surface area contributed by atoms with Crippen molar-refractivity contribution in [2.45, 2.75) is 57.2 Å². The molecule has 31 heavy (non-hydrogen) atoms. The van der Waals surface area contributed by atoms with Gasteiger partial charge in [0, 0.05) is 31.4 Å². The predicted octanol–water partition coefficient (Wildman–Crippen LogP) is 2.87. The highest BCUT2D eigenvalue weighted by Crippen LogP contribution is 2.35. The van der Waals surface area contributed by atoms with E-state index >= 15 is 0 Å². The summed E-state index contributed by atoms with van der Waals surface area (Å²) < 4.78 is 40.1. The molecule has 0 saturated carbocycles. The van der Waals surface area contributed by atoms with Crippen LogP contribution in [0, 0.1) is 0 Å². The normalized spacial score (nSPS) is 23.3. The fraction of sp³-hybridized carbons (Fsp3) is 0.524. The summed E-state index contributed by atoms with van der Waals surface area (Å²) in [6.45, 7) is 5.05. The molecule has 0 bridgehead atoms. The third-order valence-electron chi connectivity index (χ3n) is 5.49. The minimum Gasteiger partial charge on any atom is -0.508 e. The predicted molar refractivity (Wildman–Crippen MR) is 106 cm³/mol. The van der Waals surface area contributed by atoms with Crippen molar-refractivity contribution in [3.05, 3.63) is 47.8 Å². The first kappa shape index (κ1) is 23.1. The largest absolute Gasteiger partial charge is 0.508 e. The molecule has 1 aliphatic carbocycles. The van der Waals surface area contributed by atoms with Crippen LogP contribution in [-0.2, 0) is 28.9 Å². The molecule has 4 rings (SSSR count). The second kappa shape index (κ2) is 9.69. The molecule has 2 heterocycles. The SMILES string of the molecule is CCCN1C[C@@H](Cn2cccn2)O[C@@H]2Cc3c(O)cccc3C[C@H]21.O=C(O)C(F)(F)F. The van der Waals surface area contributed by atoms with Crippen LogP contribution in [-0.4, -0.2) is 68.4 Å². The first-order valence-electron chi connectivity index (χ1n) is 10.2. The summed E-state index contributed by atoms with van der Waals surface area (Å²) in [4.78, 5) is 11.5. The Kier molecular flexibility index (Phi) is 7.22. The van der Waals surface area contributed by atoms with E-state index < -0.39 is 12.1 Å². The second-order valence-corrected chi connectivity index (χ2v) is 7.71. The van der Waals surface area contributed by atoms with Crippen molar-refractivity contribution in [3.8, 4) is 5.75 Å². The van der Waals surface area contributed by atoms with Crippen LogP contribution in [0.25, 0.3) is 0 Å². The van der Waals surface area contributed by atoms with Gasteiger partial charge < -0.3 is 14.9 Å². The standard InChI is InChI=1S/C19H25N3O2.C2HF3O2/c1-2-8-21-12-15(13-22-9-4-7-20-22)24-19-11-16-14(10-17(19)21)5-3-6-18(16)23;3-2(4,5)1(6)7/h3-7,9,15,17,19,23H,2,8,10-13H2,1H3;(H,6,7)/t15-,17+,19+;/m0./s1. The summed E-state index contributed by atoms with van der Waals surface area (Å²) in [6.07, 6.45) is 1.90. The molecule has 0 amide bonds. The first-order valence-corrected chi connectivity index (χ1v) is 10.2. The highest BCUT2D eigenvalue weighted by atomic mass is 19.4. The molecule has 0 spiro atoms. The Morgan fingerprint density at radius 2 is 2.03 bits per heavy atom. The molecule has 2 aliphatic rings. The molecule has 0 unspecified atom stereocenters. The summed E-state index contributed by atoms with van der Waals surface area (Å²) in [5, 5.41) is 21.6. The number of halogens is 3. The third kappa shape index (κ3) is 5.76. The molecule has 2 N–H and O–H groups in total. The number of phenolic OH excluding ortho intramolecular Hbond substituents is 1. The van der Waals surface area contributed by atoms with Crippen LogP contribution >= 0.6 is 0 Å². The number of carboxylic acids is 1. The number of alkyl halides is 3. The topological polar surface area (TPSA) is 87.8 Å². The minimum absolute atomic E-state index is 0.144. The zero-order chi connectivity index (χ0) is 22.6. The van der Waals surface area contributed by atoms with Crippen LogP contribution in [0.3, 0.4) is 0 Å². The van der Waals surface area contributed by atoms with Crippen LogP contribution in [0.4, 0.5) is 13.2 Å². The molecule has 1 saturated heterocycles. The average Bonchev–Trinajstić information content (AvgIpc) is 3.20. The highest BCUT2D eigenvalue weighted by molar-refractivity contribution is 5.73. The summed E-state index contributed by atoms with van der Waals surface area (Å²) in [5.74, 6) is -2.35. The fourth-order valence-electron chi connectivity index (χ4n) is 4.19. The number of aromatic hydroxyl groups is 1. The number of ether oxygens (including phenoxy) is 1. The smallest absolute Gasteiger partial charge is 0.490 e. The Morgan fingerprint density at radius 3 is 2.65 bits per heavy atom. The first-order chi connectivity index (χ1) is 14.7. The van der Waals surface area contributed by atoms with E-state index in [2.05, 4.69) is 23.0 Å². The van der Waals surface area contributed by atoms with Gasteiger partial charge in [0.15, 0.2) is 0 Å². The maximum Gasteiger partial charge on any atom is 0.490 e. The molecule has 0 radical (unpaired) electrons. The summed E-state index contributed by atoms with van der Waals surface area (Å²) in [7, 11) is 0. The zero-order valence-electron chi connectivity index (χ0n) is 17.1. The Labute approximate surface area is 178 Å². The van der Waals surface area contributed by atoms with Gasteiger partial charge in [0.05, 0.1) is 18.8 Å². The molecular formula is C21H26F3N3O4. The van der Waals surface area contributed by atoms with Crippen molar-refractivity contribution >= 4 is 5.97 Å². The fourth-order valence-corrected chi connectivity index (χ4v) is 4.19. The van der Waals surface area contributed by atoms with Crippen LogP contribution in [0.5, 0.6) is 5.75 Å².